The first-order valence-electron chi connectivity index (χ1n) is 6.92. The van der Waals surface area contributed by atoms with Crippen molar-refractivity contribution >= 4 is 23.6 Å². The van der Waals surface area contributed by atoms with Crippen LogP contribution in [0.1, 0.15) is 20.3 Å². The molecule has 0 heterocycles. The molecule has 2 amide bonds. The maximum atomic E-state index is 11.5. The number of rotatable bonds is 12. The Hall–Kier alpha value is -2.00. The molecule has 0 aromatic heterocycles. The minimum Gasteiger partial charge on any atom is -0.480 e. The van der Waals surface area contributed by atoms with Gasteiger partial charge in [0.1, 0.15) is 5.78 Å². The fraction of sp³-hybridized carbons (Fsp3) is 0.692. The molecule has 0 saturated carbocycles. The van der Waals surface area contributed by atoms with Crippen molar-refractivity contribution in [1.29, 1.82) is 0 Å². The first-order valence-corrected chi connectivity index (χ1v) is 6.92. The van der Waals surface area contributed by atoms with E-state index in [9.17, 15) is 19.2 Å². The van der Waals surface area contributed by atoms with Crippen molar-refractivity contribution in [3.8, 4) is 0 Å². The normalized spacial score (nSPS) is 12.4. The molecule has 22 heavy (non-hydrogen) atoms. The SMILES string of the molecule is CCC(=O)CN(CC(N)=O)C[C@H](C)N(CC(N)=O)CC(=O)O. The highest BCUT2D eigenvalue weighted by atomic mass is 16.4. The number of carboxylic acids is 1. The van der Waals surface area contributed by atoms with Gasteiger partial charge in [0, 0.05) is 19.0 Å². The lowest BCUT2D eigenvalue weighted by Crippen LogP contribution is -2.49. The second-order valence-electron chi connectivity index (χ2n) is 5.14. The molecule has 0 radical (unpaired) electrons. The Balaban J connectivity index is 4.87. The number of primary amides is 2. The van der Waals surface area contributed by atoms with Gasteiger partial charge in [-0.1, -0.05) is 6.92 Å². The van der Waals surface area contributed by atoms with Crippen LogP contribution >= 0.6 is 0 Å². The number of hydrogen-bond acceptors (Lipinski definition) is 6. The van der Waals surface area contributed by atoms with Crippen molar-refractivity contribution in [2.45, 2.75) is 26.3 Å². The lowest BCUT2D eigenvalue weighted by molar-refractivity contribution is -0.139. The third-order valence-corrected chi connectivity index (χ3v) is 3.02. The van der Waals surface area contributed by atoms with Gasteiger partial charge < -0.3 is 16.6 Å². The lowest BCUT2D eigenvalue weighted by Gasteiger charge is -2.31. The monoisotopic (exact) mass is 316 g/mol. The quantitative estimate of drug-likeness (QED) is 0.377. The zero-order valence-corrected chi connectivity index (χ0v) is 12.9. The zero-order chi connectivity index (χ0) is 17.3. The van der Waals surface area contributed by atoms with Gasteiger partial charge in [0.2, 0.25) is 11.8 Å². The van der Waals surface area contributed by atoms with E-state index in [1.54, 1.807) is 13.8 Å². The van der Waals surface area contributed by atoms with Crippen LogP contribution in [-0.2, 0) is 19.2 Å². The van der Waals surface area contributed by atoms with Crippen molar-refractivity contribution in [3.63, 3.8) is 0 Å². The average Bonchev–Trinajstić information content (AvgIpc) is 2.35. The van der Waals surface area contributed by atoms with Crippen molar-refractivity contribution in [1.82, 2.24) is 9.80 Å². The van der Waals surface area contributed by atoms with Crippen LogP contribution in [0.15, 0.2) is 0 Å². The summed E-state index contributed by atoms with van der Waals surface area (Å²) in [6, 6.07) is -0.396. The molecule has 0 bridgehead atoms. The summed E-state index contributed by atoms with van der Waals surface area (Å²) in [4.78, 5) is 47.4. The maximum absolute atomic E-state index is 11.5. The van der Waals surface area contributed by atoms with Gasteiger partial charge in [0.15, 0.2) is 0 Å². The largest absolute Gasteiger partial charge is 0.480 e. The molecule has 0 aliphatic heterocycles. The van der Waals surface area contributed by atoms with Gasteiger partial charge in [-0.15, -0.1) is 0 Å². The Morgan fingerprint density at radius 1 is 1.00 bits per heavy atom. The van der Waals surface area contributed by atoms with Crippen molar-refractivity contribution < 1.29 is 24.3 Å². The first kappa shape index (κ1) is 20.0. The molecule has 0 rings (SSSR count). The number of nitrogens with zero attached hydrogens (tertiary/aromatic N) is 2. The van der Waals surface area contributed by atoms with Gasteiger partial charge in [-0.2, -0.15) is 0 Å². The molecule has 0 aliphatic rings. The number of carboxylic acid groups (broad SMARTS) is 1. The molecule has 9 heteroatoms. The van der Waals surface area contributed by atoms with Crippen molar-refractivity contribution in [2.24, 2.45) is 11.5 Å². The smallest absolute Gasteiger partial charge is 0.317 e. The molecule has 5 N–H and O–H groups in total. The summed E-state index contributed by atoms with van der Waals surface area (Å²) < 4.78 is 0. The van der Waals surface area contributed by atoms with Crippen LogP contribution in [0, 0.1) is 0 Å². The van der Waals surface area contributed by atoms with Crippen LogP contribution < -0.4 is 11.5 Å². The van der Waals surface area contributed by atoms with Crippen LogP contribution in [0.2, 0.25) is 0 Å². The Kier molecular flexibility index (Phi) is 8.95. The van der Waals surface area contributed by atoms with E-state index in [0.29, 0.717) is 6.42 Å². The second-order valence-corrected chi connectivity index (χ2v) is 5.14. The van der Waals surface area contributed by atoms with E-state index in [0.717, 1.165) is 0 Å². The summed E-state index contributed by atoms with van der Waals surface area (Å²) in [5.41, 5.74) is 10.3. The third-order valence-electron chi connectivity index (χ3n) is 3.02. The fourth-order valence-electron chi connectivity index (χ4n) is 2.00. The van der Waals surface area contributed by atoms with Crippen molar-refractivity contribution in [3.05, 3.63) is 0 Å². The number of ketones is 1. The Labute approximate surface area is 129 Å². The molecule has 0 aromatic rings. The summed E-state index contributed by atoms with van der Waals surface area (Å²) in [6.45, 7) is 2.95. The summed E-state index contributed by atoms with van der Waals surface area (Å²) in [7, 11) is 0. The highest BCUT2D eigenvalue weighted by molar-refractivity contribution is 5.81. The lowest BCUT2D eigenvalue weighted by atomic mass is 10.2. The molecule has 0 aromatic carbocycles. The molecule has 0 saturated heterocycles. The Morgan fingerprint density at radius 3 is 1.95 bits per heavy atom. The van der Waals surface area contributed by atoms with E-state index in [-0.39, 0.29) is 38.5 Å². The van der Waals surface area contributed by atoms with E-state index in [1.807, 2.05) is 0 Å². The van der Waals surface area contributed by atoms with Crippen molar-refractivity contribution in [2.75, 3.05) is 32.7 Å². The van der Waals surface area contributed by atoms with Crippen LogP contribution in [-0.4, -0.2) is 77.2 Å². The summed E-state index contributed by atoms with van der Waals surface area (Å²) in [5, 5.41) is 8.87. The second kappa shape index (κ2) is 9.85. The number of aliphatic carboxylic acids is 1. The molecule has 0 aliphatic carbocycles. The van der Waals surface area contributed by atoms with Gasteiger partial charge >= 0.3 is 5.97 Å². The van der Waals surface area contributed by atoms with Crippen LogP contribution in [0.5, 0.6) is 0 Å². The molecule has 0 fully saturated rings. The van der Waals surface area contributed by atoms with E-state index in [1.165, 1.54) is 9.80 Å². The summed E-state index contributed by atoms with van der Waals surface area (Å²) in [5.74, 6) is -2.40. The predicted molar refractivity (Wildman–Crippen MR) is 78.8 cm³/mol. The summed E-state index contributed by atoms with van der Waals surface area (Å²) >= 11 is 0. The average molecular weight is 316 g/mol. The van der Waals surface area contributed by atoms with Gasteiger partial charge in [0.25, 0.3) is 0 Å². The maximum Gasteiger partial charge on any atom is 0.317 e. The number of nitrogens with two attached hydrogens (primary N) is 2. The molecule has 9 nitrogen and oxygen atoms in total. The summed E-state index contributed by atoms with van der Waals surface area (Å²) in [6.07, 6.45) is 0.323. The van der Waals surface area contributed by atoms with E-state index >= 15 is 0 Å². The van der Waals surface area contributed by atoms with E-state index in [4.69, 9.17) is 16.6 Å². The minimum absolute atomic E-state index is 0.0429. The minimum atomic E-state index is -1.10. The highest BCUT2D eigenvalue weighted by Gasteiger charge is 2.22. The van der Waals surface area contributed by atoms with E-state index < -0.39 is 23.8 Å². The Morgan fingerprint density at radius 2 is 1.55 bits per heavy atom. The molecule has 1 atom stereocenters. The van der Waals surface area contributed by atoms with Crippen LogP contribution in [0.4, 0.5) is 0 Å². The van der Waals surface area contributed by atoms with Crippen LogP contribution in [0.25, 0.3) is 0 Å². The number of carbonyl (C=O) groups excluding carboxylic acids is 3. The predicted octanol–water partition coefficient (Wildman–Crippen LogP) is -1.99. The first-order chi connectivity index (χ1) is 10.1. The molecule has 0 unspecified atom stereocenters. The Bertz CT molecular complexity index is 411. The van der Waals surface area contributed by atoms with E-state index in [2.05, 4.69) is 0 Å². The van der Waals surface area contributed by atoms with Gasteiger partial charge in [-0.05, 0) is 6.92 Å². The van der Waals surface area contributed by atoms with Crippen LogP contribution in [0.3, 0.4) is 0 Å². The van der Waals surface area contributed by atoms with Gasteiger partial charge in [0.05, 0.1) is 26.2 Å². The molecule has 0 spiro atoms. The third kappa shape index (κ3) is 9.03. The number of amides is 2. The van der Waals surface area contributed by atoms with Gasteiger partial charge in [-0.3, -0.25) is 29.0 Å². The molecular formula is C13H24N4O5. The number of Topliss-reactive ketones (excluding diaryl/α,β-unsaturated/α-hetero) is 1. The molecule has 126 valence electrons. The fourth-order valence-corrected chi connectivity index (χ4v) is 2.00. The molecular weight excluding hydrogens is 292 g/mol. The standard InChI is InChI=1S/C13H24N4O5/c1-3-10(18)5-16(6-11(14)19)4-9(2)17(7-12(15)20)8-13(21)22/h9H,3-8H2,1-2H3,(H2,14,19)(H2,15,20)(H,21,22)/t9-/m0/s1. The number of hydrogen-bond donors (Lipinski definition) is 3. The van der Waals surface area contributed by atoms with Gasteiger partial charge in [-0.25, -0.2) is 0 Å². The topological polar surface area (TPSA) is 147 Å². The highest BCUT2D eigenvalue weighted by Crippen LogP contribution is 2.03. The zero-order valence-electron chi connectivity index (χ0n) is 12.9. The number of carbonyl (C=O) groups is 4.